The van der Waals surface area contributed by atoms with Crippen molar-refractivity contribution in [2.24, 2.45) is 11.8 Å². The zero-order chi connectivity index (χ0) is 21.9. The van der Waals surface area contributed by atoms with Gasteiger partial charge in [-0.15, -0.1) is 0 Å². The van der Waals surface area contributed by atoms with Crippen molar-refractivity contribution in [2.45, 2.75) is 165 Å². The lowest BCUT2D eigenvalue weighted by Gasteiger charge is -2.54. The molecule has 0 heterocycles. The standard InChI is InChI=1S/C28H54OSi2/c1-23(2)21-30(25-13-5-6-14-25,26-15-7-8-16-26)29-31(22-24(3)4,27-17-9-10-18-27)28-19-11-12-20-28/h23-28H,5-22H2,1-4H3. The topological polar surface area (TPSA) is 9.23 Å². The molecule has 4 fully saturated rings. The molecule has 0 atom stereocenters. The van der Waals surface area contributed by atoms with Gasteiger partial charge in [0.15, 0.2) is 16.6 Å². The second-order valence-corrected chi connectivity index (χ2v) is 21.9. The first-order valence-corrected chi connectivity index (χ1v) is 19.2. The molecule has 0 aromatic rings. The Morgan fingerprint density at radius 1 is 0.484 bits per heavy atom. The predicted octanol–water partition coefficient (Wildman–Crippen LogP) is 9.98. The number of rotatable bonds is 10. The van der Waals surface area contributed by atoms with E-state index in [2.05, 4.69) is 27.7 Å². The van der Waals surface area contributed by atoms with Gasteiger partial charge in [0.25, 0.3) is 0 Å². The largest absolute Gasteiger partial charge is 0.454 e. The Bertz CT molecular complexity index is 455. The third kappa shape index (κ3) is 5.24. The van der Waals surface area contributed by atoms with Crippen LogP contribution < -0.4 is 0 Å². The Morgan fingerprint density at radius 3 is 0.903 bits per heavy atom. The SMILES string of the molecule is CC(C)C[Si](O[Si](CC(C)C)(C1CCCC1)C1CCCC1)(C1CCCC1)C1CCCC1. The minimum absolute atomic E-state index is 0.825. The van der Waals surface area contributed by atoms with Crippen LogP contribution in [0.1, 0.15) is 130 Å². The summed E-state index contributed by atoms with van der Waals surface area (Å²) in [4.78, 5) is 0. The fourth-order valence-electron chi connectivity index (χ4n) is 9.04. The molecule has 0 unspecified atom stereocenters. The summed E-state index contributed by atoms with van der Waals surface area (Å²) < 4.78 is 8.46. The van der Waals surface area contributed by atoms with Crippen LogP contribution in [-0.4, -0.2) is 16.6 Å². The Labute approximate surface area is 197 Å². The smallest absolute Gasteiger partial charge is 0.186 e. The summed E-state index contributed by atoms with van der Waals surface area (Å²) in [5.74, 6) is 1.65. The van der Waals surface area contributed by atoms with Gasteiger partial charge in [-0.2, -0.15) is 0 Å². The summed E-state index contributed by atoms with van der Waals surface area (Å²) in [6.45, 7) is 10.1. The molecule has 0 aromatic heterocycles. The van der Waals surface area contributed by atoms with Crippen LogP contribution in [0.2, 0.25) is 34.3 Å². The first-order valence-electron chi connectivity index (χ1n) is 14.7. The van der Waals surface area contributed by atoms with Crippen molar-refractivity contribution in [3.8, 4) is 0 Å². The number of hydrogen-bond acceptors (Lipinski definition) is 1. The van der Waals surface area contributed by atoms with Gasteiger partial charge in [0.05, 0.1) is 0 Å². The van der Waals surface area contributed by atoms with E-state index in [1.165, 1.54) is 115 Å². The maximum atomic E-state index is 8.46. The molecule has 0 aliphatic heterocycles. The van der Waals surface area contributed by atoms with Gasteiger partial charge in [0, 0.05) is 0 Å². The highest BCUT2D eigenvalue weighted by atomic mass is 28.4. The molecule has 180 valence electrons. The molecule has 0 amide bonds. The van der Waals surface area contributed by atoms with E-state index in [1.54, 1.807) is 0 Å². The van der Waals surface area contributed by atoms with Crippen LogP contribution >= 0.6 is 0 Å². The molecule has 4 aliphatic rings. The second-order valence-electron chi connectivity index (χ2n) is 13.1. The van der Waals surface area contributed by atoms with Crippen LogP contribution in [0.4, 0.5) is 0 Å². The summed E-state index contributed by atoms with van der Waals surface area (Å²) in [5.41, 5.74) is 4.00. The van der Waals surface area contributed by atoms with E-state index in [1.807, 2.05) is 0 Å². The normalized spacial score (nSPS) is 25.7. The van der Waals surface area contributed by atoms with Gasteiger partial charge in [-0.25, -0.2) is 0 Å². The average molecular weight is 463 g/mol. The quantitative estimate of drug-likeness (QED) is 0.293. The molecule has 0 saturated heterocycles. The van der Waals surface area contributed by atoms with Gasteiger partial charge in [0.2, 0.25) is 0 Å². The van der Waals surface area contributed by atoms with E-state index in [-0.39, 0.29) is 0 Å². The van der Waals surface area contributed by atoms with Crippen molar-refractivity contribution >= 4 is 16.6 Å². The van der Waals surface area contributed by atoms with E-state index < -0.39 is 16.6 Å². The highest BCUT2D eigenvalue weighted by Gasteiger charge is 2.59. The molecule has 0 N–H and O–H groups in total. The van der Waals surface area contributed by atoms with E-state index in [9.17, 15) is 0 Å². The Morgan fingerprint density at radius 2 is 0.710 bits per heavy atom. The van der Waals surface area contributed by atoms with E-state index in [0.29, 0.717) is 0 Å². The monoisotopic (exact) mass is 462 g/mol. The van der Waals surface area contributed by atoms with Crippen LogP contribution in [0.15, 0.2) is 0 Å². The van der Waals surface area contributed by atoms with Crippen molar-refractivity contribution in [3.63, 3.8) is 0 Å². The van der Waals surface area contributed by atoms with Gasteiger partial charge >= 0.3 is 0 Å². The van der Waals surface area contributed by atoms with Crippen molar-refractivity contribution in [2.75, 3.05) is 0 Å². The average Bonchev–Trinajstić information content (AvgIpc) is 3.53. The van der Waals surface area contributed by atoms with Crippen LogP contribution in [0.25, 0.3) is 0 Å². The van der Waals surface area contributed by atoms with Gasteiger partial charge in [0.1, 0.15) is 0 Å². The summed E-state index contributed by atoms with van der Waals surface area (Å²) in [6.07, 6.45) is 24.2. The zero-order valence-electron chi connectivity index (χ0n) is 21.6. The third-order valence-electron chi connectivity index (χ3n) is 10.0. The van der Waals surface area contributed by atoms with Gasteiger partial charge in [-0.3, -0.25) is 0 Å². The summed E-state index contributed by atoms with van der Waals surface area (Å²) in [5, 5.41) is 0. The van der Waals surface area contributed by atoms with Crippen molar-refractivity contribution in [3.05, 3.63) is 0 Å². The van der Waals surface area contributed by atoms with Gasteiger partial charge in [-0.1, -0.05) is 130 Å². The third-order valence-corrected chi connectivity index (χ3v) is 23.8. The molecule has 1 nitrogen and oxygen atoms in total. The molecule has 3 heteroatoms. The molecule has 31 heavy (non-hydrogen) atoms. The summed E-state index contributed by atoms with van der Waals surface area (Å²) in [6, 6.07) is 2.99. The van der Waals surface area contributed by atoms with Crippen LogP contribution in [0.5, 0.6) is 0 Å². The lowest BCUT2D eigenvalue weighted by Crippen LogP contribution is -2.60. The molecular weight excluding hydrogens is 408 g/mol. The van der Waals surface area contributed by atoms with Crippen LogP contribution in [0.3, 0.4) is 0 Å². The minimum atomic E-state index is -1.77. The summed E-state index contributed by atoms with van der Waals surface area (Å²) >= 11 is 0. The highest BCUT2D eigenvalue weighted by molar-refractivity contribution is 6.90. The van der Waals surface area contributed by atoms with Gasteiger partial charge < -0.3 is 4.12 Å². The lowest BCUT2D eigenvalue weighted by molar-refractivity contribution is 0.401. The Balaban J connectivity index is 1.78. The lowest BCUT2D eigenvalue weighted by atomic mass is 10.3. The number of hydrogen-bond donors (Lipinski definition) is 0. The molecule has 0 aromatic carbocycles. The molecule has 0 radical (unpaired) electrons. The Kier molecular flexibility index (Phi) is 8.51. The molecule has 4 rings (SSSR count). The van der Waals surface area contributed by atoms with E-state index in [0.717, 1.165) is 34.0 Å². The summed E-state index contributed by atoms with van der Waals surface area (Å²) in [7, 11) is -3.54. The first kappa shape index (κ1) is 24.5. The van der Waals surface area contributed by atoms with E-state index >= 15 is 0 Å². The van der Waals surface area contributed by atoms with Crippen LogP contribution in [0, 0.1) is 11.8 Å². The molecular formula is C28H54OSi2. The molecule has 0 bridgehead atoms. The zero-order valence-corrected chi connectivity index (χ0v) is 23.6. The maximum absolute atomic E-state index is 8.46. The van der Waals surface area contributed by atoms with Gasteiger partial charge in [-0.05, 0) is 46.1 Å². The van der Waals surface area contributed by atoms with Crippen molar-refractivity contribution in [1.82, 2.24) is 0 Å². The molecule has 4 aliphatic carbocycles. The molecule has 4 saturated carbocycles. The van der Waals surface area contributed by atoms with E-state index in [4.69, 9.17) is 4.12 Å². The Hall–Kier alpha value is 0.394. The minimum Gasteiger partial charge on any atom is -0.454 e. The van der Waals surface area contributed by atoms with Crippen molar-refractivity contribution < 1.29 is 4.12 Å². The molecule has 0 spiro atoms. The maximum Gasteiger partial charge on any atom is 0.186 e. The fraction of sp³-hybridized carbons (Fsp3) is 1.00. The fourth-order valence-corrected chi connectivity index (χ4v) is 26.0. The first-order chi connectivity index (χ1) is 15.0. The predicted molar refractivity (Wildman–Crippen MR) is 141 cm³/mol. The van der Waals surface area contributed by atoms with Crippen LogP contribution in [-0.2, 0) is 4.12 Å². The second kappa shape index (κ2) is 10.8. The van der Waals surface area contributed by atoms with Crippen molar-refractivity contribution in [1.29, 1.82) is 0 Å². The highest BCUT2D eigenvalue weighted by Crippen LogP contribution is 2.60.